The number of aryl methyl sites for hydroxylation is 2. The molecular weight excluding hydrogens is 465 g/mol. The normalized spacial score (nSPS) is 19.7. The van der Waals surface area contributed by atoms with Crippen LogP contribution in [0.3, 0.4) is 0 Å². The first-order chi connectivity index (χ1) is 13.2. The second-order valence-corrected chi connectivity index (χ2v) is 7.12. The van der Waals surface area contributed by atoms with E-state index in [1.54, 1.807) is 0 Å². The topological polar surface area (TPSA) is 74.5 Å². The monoisotopic (exact) mass is 497 g/mol. The molecule has 1 saturated carbocycles. The fourth-order valence-electron chi connectivity index (χ4n) is 3.47. The van der Waals surface area contributed by atoms with Crippen LogP contribution < -0.4 is 10.6 Å². The Bertz CT molecular complexity index is 711. The molecule has 0 spiro atoms. The standard InChI is InChI=1S/C21H31N5O.HI/c1-2-22-21(25-18-8-10-19(27)11-9-18)24-16-20-23-13-15-26(20)14-12-17-6-4-3-5-7-17;/h3-7,13,15,18-19,27H,2,8-12,14,16H2,1H3,(H2,22,24,25);1H. The zero-order chi connectivity index (χ0) is 18.9. The summed E-state index contributed by atoms with van der Waals surface area (Å²) >= 11 is 0. The van der Waals surface area contributed by atoms with Gasteiger partial charge in [0.25, 0.3) is 0 Å². The Morgan fingerprint density at radius 1 is 1.21 bits per heavy atom. The van der Waals surface area contributed by atoms with Gasteiger partial charge in [-0.1, -0.05) is 30.3 Å². The van der Waals surface area contributed by atoms with E-state index >= 15 is 0 Å². The van der Waals surface area contributed by atoms with E-state index in [1.807, 2.05) is 18.5 Å². The molecule has 0 atom stereocenters. The predicted octanol–water partition coefficient (Wildman–Crippen LogP) is 3.10. The Labute approximate surface area is 184 Å². The van der Waals surface area contributed by atoms with E-state index in [0.29, 0.717) is 12.6 Å². The quantitative estimate of drug-likeness (QED) is 0.312. The first-order valence-electron chi connectivity index (χ1n) is 10.0. The van der Waals surface area contributed by atoms with Crippen LogP contribution in [0.4, 0.5) is 0 Å². The molecule has 0 aliphatic heterocycles. The summed E-state index contributed by atoms with van der Waals surface area (Å²) in [5, 5.41) is 16.5. The van der Waals surface area contributed by atoms with Gasteiger partial charge < -0.3 is 20.3 Å². The highest BCUT2D eigenvalue weighted by atomic mass is 127. The lowest BCUT2D eigenvalue weighted by molar-refractivity contribution is 0.120. The molecule has 0 bridgehead atoms. The smallest absolute Gasteiger partial charge is 0.191 e. The summed E-state index contributed by atoms with van der Waals surface area (Å²) in [5.41, 5.74) is 1.33. The number of rotatable bonds is 7. The van der Waals surface area contributed by atoms with Crippen molar-refractivity contribution in [1.82, 2.24) is 20.2 Å². The molecule has 154 valence electrons. The van der Waals surface area contributed by atoms with Crippen molar-refractivity contribution >= 4 is 29.9 Å². The molecule has 28 heavy (non-hydrogen) atoms. The van der Waals surface area contributed by atoms with Crippen molar-refractivity contribution in [2.24, 2.45) is 4.99 Å². The first-order valence-corrected chi connectivity index (χ1v) is 10.0. The summed E-state index contributed by atoms with van der Waals surface area (Å²) in [6.07, 6.45) is 8.40. The largest absolute Gasteiger partial charge is 0.393 e. The summed E-state index contributed by atoms with van der Waals surface area (Å²) in [6, 6.07) is 10.9. The number of benzene rings is 1. The van der Waals surface area contributed by atoms with Crippen molar-refractivity contribution < 1.29 is 5.11 Å². The number of nitrogens with zero attached hydrogens (tertiary/aromatic N) is 3. The van der Waals surface area contributed by atoms with Gasteiger partial charge >= 0.3 is 0 Å². The van der Waals surface area contributed by atoms with Crippen molar-refractivity contribution in [2.75, 3.05) is 6.54 Å². The Kier molecular flexibility index (Phi) is 9.77. The maximum atomic E-state index is 9.67. The summed E-state index contributed by atoms with van der Waals surface area (Å²) in [4.78, 5) is 9.22. The zero-order valence-electron chi connectivity index (χ0n) is 16.6. The number of hydrogen-bond acceptors (Lipinski definition) is 3. The average molecular weight is 497 g/mol. The van der Waals surface area contributed by atoms with Crippen LogP contribution in [-0.4, -0.2) is 39.3 Å². The fraction of sp³-hybridized carbons (Fsp3) is 0.524. The molecule has 6 nitrogen and oxygen atoms in total. The van der Waals surface area contributed by atoms with E-state index in [4.69, 9.17) is 4.99 Å². The van der Waals surface area contributed by atoms with Gasteiger partial charge in [0, 0.05) is 31.5 Å². The van der Waals surface area contributed by atoms with E-state index in [-0.39, 0.29) is 30.1 Å². The number of aliphatic hydroxyl groups excluding tert-OH is 1. The lowest BCUT2D eigenvalue weighted by atomic mass is 9.93. The van der Waals surface area contributed by atoms with Crippen molar-refractivity contribution in [3.05, 3.63) is 54.1 Å². The molecular formula is C21H32IN5O. The highest BCUT2D eigenvalue weighted by molar-refractivity contribution is 14.0. The van der Waals surface area contributed by atoms with Crippen molar-refractivity contribution in [3.63, 3.8) is 0 Å². The SMILES string of the molecule is CCNC(=NCc1nccn1CCc1ccccc1)NC1CCC(O)CC1.I. The predicted molar refractivity (Wildman–Crippen MR) is 124 cm³/mol. The number of halogens is 1. The number of aromatic nitrogens is 2. The minimum atomic E-state index is -0.139. The van der Waals surface area contributed by atoms with Gasteiger partial charge in [0.15, 0.2) is 5.96 Å². The summed E-state index contributed by atoms with van der Waals surface area (Å²) < 4.78 is 2.18. The lowest BCUT2D eigenvalue weighted by Crippen LogP contribution is -2.45. The van der Waals surface area contributed by atoms with Crippen LogP contribution in [0, 0.1) is 0 Å². The maximum Gasteiger partial charge on any atom is 0.191 e. The van der Waals surface area contributed by atoms with Gasteiger partial charge in [-0.3, -0.25) is 0 Å². The van der Waals surface area contributed by atoms with Crippen LogP contribution in [0.1, 0.15) is 44.0 Å². The lowest BCUT2D eigenvalue weighted by Gasteiger charge is -2.27. The third-order valence-corrected chi connectivity index (χ3v) is 5.05. The van der Waals surface area contributed by atoms with Gasteiger partial charge in [-0.25, -0.2) is 9.98 Å². The molecule has 1 aliphatic rings. The molecule has 7 heteroatoms. The number of guanidine groups is 1. The molecule has 1 heterocycles. The molecule has 0 amide bonds. The second-order valence-electron chi connectivity index (χ2n) is 7.12. The number of aliphatic hydroxyl groups is 1. The van der Waals surface area contributed by atoms with Gasteiger partial charge in [-0.05, 0) is 44.6 Å². The van der Waals surface area contributed by atoms with E-state index in [2.05, 4.69) is 51.4 Å². The van der Waals surface area contributed by atoms with Crippen LogP contribution >= 0.6 is 24.0 Å². The maximum absolute atomic E-state index is 9.67. The molecule has 3 N–H and O–H groups in total. The van der Waals surface area contributed by atoms with Crippen molar-refractivity contribution in [2.45, 2.75) is 64.3 Å². The van der Waals surface area contributed by atoms with Crippen LogP contribution in [0.2, 0.25) is 0 Å². The number of nitrogens with one attached hydrogen (secondary N) is 2. The van der Waals surface area contributed by atoms with Crippen LogP contribution in [0.5, 0.6) is 0 Å². The van der Waals surface area contributed by atoms with E-state index in [0.717, 1.165) is 57.0 Å². The minimum absolute atomic E-state index is 0. The van der Waals surface area contributed by atoms with Crippen LogP contribution in [0.15, 0.2) is 47.7 Å². The first kappa shape index (κ1) is 22.7. The molecule has 0 unspecified atom stereocenters. The van der Waals surface area contributed by atoms with Gasteiger partial charge in [0.05, 0.1) is 6.10 Å². The third kappa shape index (κ3) is 7.09. The summed E-state index contributed by atoms with van der Waals surface area (Å²) in [7, 11) is 0. The van der Waals surface area contributed by atoms with E-state index in [9.17, 15) is 5.11 Å². The molecule has 1 aromatic carbocycles. The Hall–Kier alpha value is -1.61. The van der Waals surface area contributed by atoms with Gasteiger partial charge in [-0.2, -0.15) is 0 Å². The third-order valence-electron chi connectivity index (χ3n) is 5.05. The second kappa shape index (κ2) is 12.1. The Morgan fingerprint density at radius 2 is 1.96 bits per heavy atom. The Balaban J connectivity index is 0.00000280. The van der Waals surface area contributed by atoms with Crippen LogP contribution in [0.25, 0.3) is 0 Å². The average Bonchev–Trinajstić information content (AvgIpc) is 3.14. The highest BCUT2D eigenvalue weighted by Gasteiger charge is 2.20. The van der Waals surface area contributed by atoms with Crippen LogP contribution in [-0.2, 0) is 19.5 Å². The highest BCUT2D eigenvalue weighted by Crippen LogP contribution is 2.18. The number of hydrogen-bond donors (Lipinski definition) is 3. The molecule has 2 aromatic rings. The molecule has 0 saturated heterocycles. The molecule has 1 fully saturated rings. The molecule has 3 rings (SSSR count). The Morgan fingerprint density at radius 3 is 2.68 bits per heavy atom. The zero-order valence-corrected chi connectivity index (χ0v) is 18.9. The molecule has 1 aliphatic carbocycles. The molecule has 1 aromatic heterocycles. The van der Waals surface area contributed by atoms with Gasteiger partial charge in [0.1, 0.15) is 12.4 Å². The van der Waals surface area contributed by atoms with Crippen molar-refractivity contribution in [1.29, 1.82) is 0 Å². The molecule has 0 radical (unpaired) electrons. The number of aliphatic imine (C=N–C) groups is 1. The number of imidazole rings is 1. The minimum Gasteiger partial charge on any atom is -0.393 e. The van der Waals surface area contributed by atoms with Gasteiger partial charge in [0.2, 0.25) is 0 Å². The fourth-order valence-corrected chi connectivity index (χ4v) is 3.47. The summed E-state index contributed by atoms with van der Waals surface area (Å²) in [6.45, 7) is 4.35. The van der Waals surface area contributed by atoms with Crippen molar-refractivity contribution in [3.8, 4) is 0 Å². The van der Waals surface area contributed by atoms with E-state index < -0.39 is 0 Å². The summed E-state index contributed by atoms with van der Waals surface area (Å²) in [5.74, 6) is 1.80. The van der Waals surface area contributed by atoms with Gasteiger partial charge in [-0.15, -0.1) is 24.0 Å². The van der Waals surface area contributed by atoms with E-state index in [1.165, 1.54) is 5.56 Å².